The molecule has 0 aliphatic carbocycles. The number of phenolic OH excluding ortho intramolecular Hbond substituents is 1. The number of benzene rings is 1. The van der Waals surface area contributed by atoms with Crippen molar-refractivity contribution in [2.75, 3.05) is 13.1 Å². The Morgan fingerprint density at radius 3 is 2.78 bits per heavy atom. The van der Waals surface area contributed by atoms with Gasteiger partial charge in [0.25, 0.3) is 0 Å². The molecule has 1 saturated heterocycles. The summed E-state index contributed by atoms with van der Waals surface area (Å²) in [5, 5.41) is 10.8. The Morgan fingerprint density at radius 2 is 2.17 bits per heavy atom. The lowest BCUT2D eigenvalue weighted by atomic mass is 10.1. The van der Waals surface area contributed by atoms with Crippen molar-refractivity contribution in [3.8, 4) is 5.75 Å². The van der Waals surface area contributed by atoms with E-state index >= 15 is 0 Å². The average Bonchev–Trinajstić information content (AvgIpc) is 2.66. The van der Waals surface area contributed by atoms with Crippen LogP contribution in [0.3, 0.4) is 0 Å². The molecule has 0 spiro atoms. The van der Waals surface area contributed by atoms with Gasteiger partial charge in [0.1, 0.15) is 5.75 Å². The Balaban J connectivity index is 2.15. The summed E-state index contributed by atoms with van der Waals surface area (Å²) in [6, 6.07) is 3.79. The molecule has 2 unspecified atom stereocenters. The largest absolute Gasteiger partial charge is 0.506 e. The summed E-state index contributed by atoms with van der Waals surface area (Å²) >= 11 is 11.9. The maximum absolute atomic E-state index is 9.95. The molecule has 1 aliphatic rings. The van der Waals surface area contributed by atoms with E-state index in [1.165, 1.54) is 0 Å². The van der Waals surface area contributed by atoms with Gasteiger partial charge >= 0.3 is 0 Å². The van der Waals surface area contributed by atoms with Gasteiger partial charge in [0.2, 0.25) is 0 Å². The predicted molar refractivity (Wildman–Crippen MR) is 75.2 cm³/mol. The molecule has 1 fully saturated rings. The van der Waals surface area contributed by atoms with Crippen molar-refractivity contribution in [2.45, 2.75) is 25.9 Å². The quantitative estimate of drug-likeness (QED) is 0.899. The van der Waals surface area contributed by atoms with Crippen molar-refractivity contribution in [3.05, 3.63) is 27.7 Å². The zero-order chi connectivity index (χ0) is 13.3. The number of phenols is 1. The predicted octanol–water partition coefficient (Wildman–Crippen LogP) is 2.87. The van der Waals surface area contributed by atoms with Crippen LogP contribution in [0.4, 0.5) is 0 Å². The number of hydrogen-bond donors (Lipinski definition) is 2. The Kier molecular flexibility index (Phi) is 4.38. The maximum atomic E-state index is 9.95. The molecule has 1 heterocycles. The fourth-order valence-corrected chi connectivity index (χ4v) is 3.10. The highest BCUT2D eigenvalue weighted by Crippen LogP contribution is 2.33. The third-order valence-corrected chi connectivity index (χ3v) is 4.11. The number of halogens is 2. The Morgan fingerprint density at radius 1 is 1.44 bits per heavy atom. The molecule has 0 radical (unpaired) electrons. The SMILES string of the molecule is CC1CC(CN)CN1Cc1cc(Cl)cc(Cl)c1O. The minimum atomic E-state index is 0.129. The molecular weight excluding hydrogens is 271 g/mol. The van der Waals surface area contributed by atoms with E-state index in [2.05, 4.69) is 11.8 Å². The van der Waals surface area contributed by atoms with Crippen molar-refractivity contribution in [2.24, 2.45) is 11.7 Å². The summed E-state index contributed by atoms with van der Waals surface area (Å²) in [6.45, 7) is 4.51. The Labute approximate surface area is 117 Å². The second kappa shape index (κ2) is 5.66. The normalized spacial score (nSPS) is 24.7. The van der Waals surface area contributed by atoms with Gasteiger partial charge in [-0.1, -0.05) is 23.2 Å². The number of aromatic hydroxyl groups is 1. The second-order valence-corrected chi connectivity index (χ2v) is 5.85. The van der Waals surface area contributed by atoms with E-state index in [-0.39, 0.29) is 5.75 Å². The van der Waals surface area contributed by atoms with Gasteiger partial charge in [0, 0.05) is 29.7 Å². The van der Waals surface area contributed by atoms with Gasteiger partial charge in [-0.2, -0.15) is 0 Å². The molecule has 100 valence electrons. The molecule has 0 aromatic heterocycles. The standard InChI is InChI=1S/C13H18Cl2N2O/c1-8-2-9(5-16)6-17(8)7-10-3-11(14)4-12(15)13(10)18/h3-4,8-9,18H,2,5-7,16H2,1H3. The van der Waals surface area contributed by atoms with Crippen LogP contribution in [-0.4, -0.2) is 29.1 Å². The van der Waals surface area contributed by atoms with Gasteiger partial charge in [-0.05, 0) is 37.9 Å². The van der Waals surface area contributed by atoms with Crippen molar-refractivity contribution in [1.29, 1.82) is 0 Å². The van der Waals surface area contributed by atoms with Crippen molar-refractivity contribution in [1.82, 2.24) is 4.90 Å². The fraction of sp³-hybridized carbons (Fsp3) is 0.538. The number of likely N-dealkylation sites (tertiary alicyclic amines) is 1. The maximum Gasteiger partial charge on any atom is 0.138 e. The number of hydrogen-bond acceptors (Lipinski definition) is 3. The number of nitrogens with two attached hydrogens (primary N) is 1. The molecule has 0 bridgehead atoms. The lowest BCUT2D eigenvalue weighted by Gasteiger charge is -2.22. The van der Waals surface area contributed by atoms with E-state index in [9.17, 15) is 5.11 Å². The Bertz CT molecular complexity index is 439. The molecule has 2 rings (SSSR count). The van der Waals surface area contributed by atoms with Crippen LogP contribution in [-0.2, 0) is 6.54 Å². The highest BCUT2D eigenvalue weighted by atomic mass is 35.5. The fourth-order valence-electron chi connectivity index (χ4n) is 2.57. The van der Waals surface area contributed by atoms with E-state index in [0.717, 1.165) is 18.5 Å². The molecule has 3 nitrogen and oxygen atoms in total. The zero-order valence-electron chi connectivity index (χ0n) is 10.4. The molecule has 1 aromatic carbocycles. The van der Waals surface area contributed by atoms with Crippen LogP contribution < -0.4 is 5.73 Å². The first-order chi connectivity index (χ1) is 8.51. The van der Waals surface area contributed by atoms with Crippen LogP contribution in [0.15, 0.2) is 12.1 Å². The van der Waals surface area contributed by atoms with Crippen LogP contribution in [0.5, 0.6) is 5.75 Å². The average molecular weight is 289 g/mol. The summed E-state index contributed by atoms with van der Waals surface area (Å²) in [4.78, 5) is 2.30. The second-order valence-electron chi connectivity index (χ2n) is 5.01. The first kappa shape index (κ1) is 13.9. The highest BCUT2D eigenvalue weighted by Gasteiger charge is 2.28. The topological polar surface area (TPSA) is 49.5 Å². The van der Waals surface area contributed by atoms with Crippen molar-refractivity contribution >= 4 is 23.2 Å². The Hall–Kier alpha value is -0.480. The molecule has 18 heavy (non-hydrogen) atoms. The highest BCUT2D eigenvalue weighted by molar-refractivity contribution is 6.35. The summed E-state index contributed by atoms with van der Waals surface area (Å²) in [6.07, 6.45) is 1.10. The van der Waals surface area contributed by atoms with Gasteiger partial charge < -0.3 is 10.8 Å². The van der Waals surface area contributed by atoms with E-state index < -0.39 is 0 Å². The van der Waals surface area contributed by atoms with Gasteiger partial charge in [-0.15, -0.1) is 0 Å². The summed E-state index contributed by atoms with van der Waals surface area (Å²) in [5.41, 5.74) is 6.49. The summed E-state index contributed by atoms with van der Waals surface area (Å²) in [5.74, 6) is 0.668. The third-order valence-electron chi connectivity index (χ3n) is 3.60. The molecular formula is C13H18Cl2N2O. The minimum absolute atomic E-state index is 0.129. The van der Waals surface area contributed by atoms with Gasteiger partial charge in [0.05, 0.1) is 5.02 Å². The van der Waals surface area contributed by atoms with Gasteiger partial charge in [-0.3, -0.25) is 4.90 Å². The molecule has 0 amide bonds. The number of nitrogens with zero attached hydrogens (tertiary/aromatic N) is 1. The van der Waals surface area contributed by atoms with Crippen LogP contribution in [0.2, 0.25) is 10.0 Å². The molecule has 2 atom stereocenters. The first-order valence-electron chi connectivity index (χ1n) is 6.12. The lowest BCUT2D eigenvalue weighted by Crippen LogP contribution is -2.27. The van der Waals surface area contributed by atoms with Crippen molar-refractivity contribution in [3.63, 3.8) is 0 Å². The zero-order valence-corrected chi connectivity index (χ0v) is 11.9. The van der Waals surface area contributed by atoms with E-state index in [1.807, 2.05) is 0 Å². The molecule has 1 aliphatic heterocycles. The first-order valence-corrected chi connectivity index (χ1v) is 6.88. The summed E-state index contributed by atoms with van der Waals surface area (Å²) in [7, 11) is 0. The lowest BCUT2D eigenvalue weighted by molar-refractivity contribution is 0.252. The molecule has 3 N–H and O–H groups in total. The van der Waals surface area contributed by atoms with Gasteiger partial charge in [0.15, 0.2) is 0 Å². The molecule has 1 aromatic rings. The van der Waals surface area contributed by atoms with Crippen LogP contribution in [0, 0.1) is 5.92 Å². The minimum Gasteiger partial charge on any atom is -0.506 e. The number of rotatable bonds is 3. The summed E-state index contributed by atoms with van der Waals surface area (Å²) < 4.78 is 0. The van der Waals surface area contributed by atoms with E-state index in [1.54, 1.807) is 12.1 Å². The van der Waals surface area contributed by atoms with Crippen molar-refractivity contribution < 1.29 is 5.11 Å². The van der Waals surface area contributed by atoms with E-state index in [0.29, 0.717) is 35.1 Å². The van der Waals surface area contributed by atoms with Crippen LogP contribution >= 0.6 is 23.2 Å². The molecule has 0 saturated carbocycles. The smallest absolute Gasteiger partial charge is 0.138 e. The van der Waals surface area contributed by atoms with Crippen LogP contribution in [0.25, 0.3) is 0 Å². The molecule has 5 heteroatoms. The van der Waals surface area contributed by atoms with E-state index in [4.69, 9.17) is 28.9 Å². The monoisotopic (exact) mass is 288 g/mol. The third kappa shape index (κ3) is 2.91. The van der Waals surface area contributed by atoms with Gasteiger partial charge in [-0.25, -0.2) is 0 Å². The van der Waals surface area contributed by atoms with Crippen LogP contribution in [0.1, 0.15) is 18.9 Å².